The van der Waals surface area contributed by atoms with Crippen molar-refractivity contribution in [2.75, 3.05) is 26.2 Å². The van der Waals surface area contributed by atoms with Crippen LogP contribution < -0.4 is 4.74 Å². The van der Waals surface area contributed by atoms with Crippen LogP contribution in [0.5, 0.6) is 5.75 Å². The highest BCUT2D eigenvalue weighted by Gasteiger charge is 2.35. The van der Waals surface area contributed by atoms with Crippen molar-refractivity contribution in [2.45, 2.75) is 26.4 Å². The molecule has 1 aromatic rings. The molecule has 1 aromatic carbocycles. The summed E-state index contributed by atoms with van der Waals surface area (Å²) in [5.74, 6) is 0.569. The minimum absolute atomic E-state index is 0.0452. The molecule has 1 aliphatic rings. The SMILES string of the molecule is CC(=O)N1CCN(C(=O)C(C)(C)Oc2ccc(Cl)cc2)CC1. The van der Waals surface area contributed by atoms with Crippen LogP contribution in [0.25, 0.3) is 0 Å². The van der Waals surface area contributed by atoms with E-state index in [-0.39, 0.29) is 11.8 Å². The highest BCUT2D eigenvalue weighted by Crippen LogP contribution is 2.22. The molecule has 6 heteroatoms. The van der Waals surface area contributed by atoms with E-state index in [1.165, 1.54) is 0 Å². The summed E-state index contributed by atoms with van der Waals surface area (Å²) in [4.78, 5) is 27.5. The molecule has 0 radical (unpaired) electrons. The smallest absolute Gasteiger partial charge is 0.266 e. The van der Waals surface area contributed by atoms with Gasteiger partial charge < -0.3 is 14.5 Å². The van der Waals surface area contributed by atoms with Gasteiger partial charge in [-0.1, -0.05) is 11.6 Å². The van der Waals surface area contributed by atoms with Gasteiger partial charge in [0.05, 0.1) is 0 Å². The van der Waals surface area contributed by atoms with Crippen LogP contribution in [0.15, 0.2) is 24.3 Å². The van der Waals surface area contributed by atoms with Crippen LogP contribution in [0.4, 0.5) is 0 Å². The average Bonchev–Trinajstić information content (AvgIpc) is 2.48. The molecule has 1 saturated heterocycles. The zero-order chi connectivity index (χ0) is 16.3. The molecule has 0 N–H and O–H groups in total. The maximum absolute atomic E-state index is 12.6. The van der Waals surface area contributed by atoms with E-state index in [0.717, 1.165) is 0 Å². The van der Waals surface area contributed by atoms with Crippen molar-refractivity contribution in [3.05, 3.63) is 29.3 Å². The van der Waals surface area contributed by atoms with Gasteiger partial charge in [-0.2, -0.15) is 0 Å². The van der Waals surface area contributed by atoms with Crippen molar-refractivity contribution >= 4 is 23.4 Å². The minimum atomic E-state index is -0.966. The average molecular weight is 325 g/mol. The standard InChI is InChI=1S/C16H21ClN2O3/c1-12(20)18-8-10-19(11-9-18)15(21)16(2,3)22-14-6-4-13(17)5-7-14/h4-7H,8-11H2,1-3H3. The molecule has 0 spiro atoms. The van der Waals surface area contributed by atoms with Gasteiger partial charge in [-0.25, -0.2) is 0 Å². The highest BCUT2D eigenvalue weighted by molar-refractivity contribution is 6.30. The van der Waals surface area contributed by atoms with Gasteiger partial charge in [0.25, 0.3) is 5.91 Å². The van der Waals surface area contributed by atoms with E-state index in [4.69, 9.17) is 16.3 Å². The number of benzene rings is 1. The van der Waals surface area contributed by atoms with Gasteiger partial charge in [0.1, 0.15) is 5.75 Å². The van der Waals surface area contributed by atoms with Crippen LogP contribution in [-0.2, 0) is 9.59 Å². The van der Waals surface area contributed by atoms with Gasteiger partial charge in [0, 0.05) is 38.1 Å². The number of hydrogen-bond donors (Lipinski definition) is 0. The molecule has 0 atom stereocenters. The molecule has 1 fully saturated rings. The third kappa shape index (κ3) is 3.91. The van der Waals surface area contributed by atoms with Crippen molar-refractivity contribution in [3.63, 3.8) is 0 Å². The summed E-state index contributed by atoms with van der Waals surface area (Å²) in [6, 6.07) is 6.93. The van der Waals surface area contributed by atoms with E-state index in [1.54, 1.807) is 54.8 Å². The topological polar surface area (TPSA) is 49.9 Å². The Morgan fingerprint density at radius 2 is 1.55 bits per heavy atom. The Balaban J connectivity index is 1.98. The molecular weight excluding hydrogens is 304 g/mol. The van der Waals surface area contributed by atoms with Gasteiger partial charge in [-0.3, -0.25) is 9.59 Å². The Hall–Kier alpha value is -1.75. The molecule has 120 valence electrons. The molecule has 22 heavy (non-hydrogen) atoms. The first-order valence-corrected chi connectivity index (χ1v) is 7.67. The number of nitrogens with zero attached hydrogens (tertiary/aromatic N) is 2. The lowest BCUT2D eigenvalue weighted by atomic mass is 10.1. The highest BCUT2D eigenvalue weighted by atomic mass is 35.5. The van der Waals surface area contributed by atoms with Crippen molar-refractivity contribution in [3.8, 4) is 5.75 Å². The second kappa shape index (κ2) is 6.57. The van der Waals surface area contributed by atoms with Crippen molar-refractivity contribution < 1.29 is 14.3 Å². The van der Waals surface area contributed by atoms with E-state index >= 15 is 0 Å². The van der Waals surface area contributed by atoms with Crippen molar-refractivity contribution in [1.29, 1.82) is 0 Å². The number of carbonyl (C=O) groups excluding carboxylic acids is 2. The van der Waals surface area contributed by atoms with Gasteiger partial charge >= 0.3 is 0 Å². The van der Waals surface area contributed by atoms with Gasteiger partial charge in [-0.05, 0) is 38.1 Å². The summed E-state index contributed by atoms with van der Waals surface area (Å²) >= 11 is 5.84. The number of ether oxygens (including phenoxy) is 1. The fourth-order valence-electron chi connectivity index (χ4n) is 2.45. The number of carbonyl (C=O) groups is 2. The summed E-state index contributed by atoms with van der Waals surface area (Å²) < 4.78 is 5.82. The van der Waals surface area contributed by atoms with Crippen LogP contribution in [0.2, 0.25) is 5.02 Å². The summed E-state index contributed by atoms with van der Waals surface area (Å²) in [6.07, 6.45) is 0. The lowest BCUT2D eigenvalue weighted by Crippen LogP contribution is -2.56. The largest absolute Gasteiger partial charge is 0.478 e. The normalized spacial score (nSPS) is 15.6. The van der Waals surface area contributed by atoms with Gasteiger partial charge in [-0.15, -0.1) is 0 Å². The number of amides is 2. The lowest BCUT2D eigenvalue weighted by molar-refractivity contribution is -0.149. The van der Waals surface area contributed by atoms with Crippen molar-refractivity contribution in [1.82, 2.24) is 9.80 Å². The van der Waals surface area contributed by atoms with Crippen LogP contribution in [0.3, 0.4) is 0 Å². The molecule has 0 aliphatic carbocycles. The Morgan fingerprint density at radius 3 is 2.05 bits per heavy atom. The van der Waals surface area contributed by atoms with Gasteiger partial charge in [0.2, 0.25) is 5.91 Å². The maximum atomic E-state index is 12.6. The Labute approximate surface area is 135 Å². The number of rotatable bonds is 3. The molecule has 5 nitrogen and oxygen atoms in total. The third-order valence-electron chi connectivity index (χ3n) is 3.71. The maximum Gasteiger partial charge on any atom is 0.266 e. The van der Waals surface area contributed by atoms with E-state index in [2.05, 4.69) is 0 Å². The quantitative estimate of drug-likeness (QED) is 0.856. The molecule has 1 heterocycles. The Morgan fingerprint density at radius 1 is 1.05 bits per heavy atom. The fourth-order valence-corrected chi connectivity index (χ4v) is 2.57. The van der Waals surface area contributed by atoms with E-state index < -0.39 is 5.60 Å². The summed E-state index contributed by atoms with van der Waals surface area (Å²) in [7, 11) is 0. The first-order chi connectivity index (χ1) is 10.3. The van der Waals surface area contributed by atoms with Crippen LogP contribution in [0.1, 0.15) is 20.8 Å². The molecule has 2 rings (SSSR count). The molecule has 0 unspecified atom stereocenters. The first-order valence-electron chi connectivity index (χ1n) is 7.29. The van der Waals surface area contributed by atoms with Crippen LogP contribution in [-0.4, -0.2) is 53.4 Å². The molecule has 1 aliphatic heterocycles. The fraction of sp³-hybridized carbons (Fsp3) is 0.500. The van der Waals surface area contributed by atoms with Crippen LogP contribution in [0, 0.1) is 0 Å². The molecule has 2 amide bonds. The molecule has 0 saturated carbocycles. The second-order valence-corrected chi connectivity index (χ2v) is 6.30. The zero-order valence-corrected chi connectivity index (χ0v) is 13.9. The molecule has 0 bridgehead atoms. The summed E-state index contributed by atoms with van der Waals surface area (Å²) in [5, 5.41) is 0.622. The predicted molar refractivity (Wildman–Crippen MR) is 85.0 cm³/mol. The third-order valence-corrected chi connectivity index (χ3v) is 3.97. The Kier molecular flexibility index (Phi) is 4.96. The summed E-state index contributed by atoms with van der Waals surface area (Å²) in [6.45, 7) is 7.25. The molecular formula is C16H21ClN2O3. The monoisotopic (exact) mass is 324 g/mol. The second-order valence-electron chi connectivity index (χ2n) is 5.86. The number of hydrogen-bond acceptors (Lipinski definition) is 3. The van der Waals surface area contributed by atoms with Gasteiger partial charge in [0.15, 0.2) is 5.60 Å². The lowest BCUT2D eigenvalue weighted by Gasteiger charge is -2.38. The zero-order valence-electron chi connectivity index (χ0n) is 13.1. The van der Waals surface area contributed by atoms with Crippen LogP contribution >= 0.6 is 11.6 Å². The molecule has 0 aromatic heterocycles. The Bertz CT molecular complexity index is 549. The minimum Gasteiger partial charge on any atom is -0.478 e. The van der Waals surface area contributed by atoms with E-state index in [1.807, 2.05) is 0 Å². The number of halogens is 1. The first kappa shape index (κ1) is 16.6. The van der Waals surface area contributed by atoms with Crippen molar-refractivity contribution in [2.24, 2.45) is 0 Å². The number of piperazine rings is 1. The van der Waals surface area contributed by atoms with E-state index in [9.17, 15) is 9.59 Å². The van der Waals surface area contributed by atoms with E-state index in [0.29, 0.717) is 37.0 Å². The predicted octanol–water partition coefficient (Wildman–Crippen LogP) is 2.19. The summed E-state index contributed by atoms with van der Waals surface area (Å²) in [5.41, 5.74) is -0.966.